The molecule has 0 saturated heterocycles. The molecule has 0 fully saturated rings. The van der Waals surface area contributed by atoms with E-state index in [0.717, 1.165) is 11.1 Å². The molecule has 0 bridgehead atoms. The van der Waals surface area contributed by atoms with E-state index in [0.29, 0.717) is 0 Å². The minimum absolute atomic E-state index is 0.0103. The van der Waals surface area contributed by atoms with Gasteiger partial charge in [0.15, 0.2) is 12.2 Å². The highest BCUT2D eigenvalue weighted by molar-refractivity contribution is 5.97. The van der Waals surface area contributed by atoms with E-state index in [4.69, 9.17) is 18.9 Å². The first-order valence-electron chi connectivity index (χ1n) is 11.0. The highest BCUT2D eigenvalue weighted by Gasteiger charge is 2.27. The predicted molar refractivity (Wildman–Crippen MR) is 126 cm³/mol. The molecule has 2 aromatic rings. The summed E-state index contributed by atoms with van der Waals surface area (Å²) in [5.41, 5.74) is 1.88. The van der Waals surface area contributed by atoms with Gasteiger partial charge in [0.05, 0.1) is 25.4 Å². The van der Waals surface area contributed by atoms with E-state index in [-0.39, 0.29) is 37.6 Å². The van der Waals surface area contributed by atoms with Gasteiger partial charge in [-0.15, -0.1) is 0 Å². The molecule has 3 rings (SSSR count). The molecule has 0 N–H and O–H groups in total. The molecule has 0 unspecified atom stereocenters. The van der Waals surface area contributed by atoms with E-state index >= 15 is 0 Å². The maximum atomic E-state index is 12.6. The molecule has 0 heterocycles. The van der Waals surface area contributed by atoms with E-state index in [1.807, 2.05) is 60.7 Å². The molecule has 0 aromatic heterocycles. The Morgan fingerprint density at radius 3 is 1.41 bits per heavy atom. The molecule has 0 spiro atoms. The van der Waals surface area contributed by atoms with Gasteiger partial charge < -0.3 is 18.9 Å². The second kappa shape index (κ2) is 13.4. The molecule has 0 saturated carbocycles. The van der Waals surface area contributed by atoms with Gasteiger partial charge in [0.1, 0.15) is 0 Å². The lowest BCUT2D eigenvalue weighted by atomic mass is 10.0. The van der Waals surface area contributed by atoms with Crippen LogP contribution in [0.15, 0.2) is 60.7 Å². The highest BCUT2D eigenvalue weighted by atomic mass is 16.5. The summed E-state index contributed by atoms with van der Waals surface area (Å²) in [5.74, 6) is 10.4. The maximum Gasteiger partial charge on any atom is 0.208 e. The Morgan fingerprint density at radius 1 is 0.676 bits per heavy atom. The van der Waals surface area contributed by atoms with Crippen LogP contribution in [0.1, 0.15) is 24.0 Å². The monoisotopic (exact) mass is 460 g/mol. The van der Waals surface area contributed by atoms with Crippen molar-refractivity contribution in [1.29, 1.82) is 0 Å². The summed E-state index contributed by atoms with van der Waals surface area (Å²) in [7, 11) is 2.94. The molecule has 34 heavy (non-hydrogen) atoms. The molecule has 2 aromatic carbocycles. The zero-order valence-electron chi connectivity index (χ0n) is 19.4. The summed E-state index contributed by atoms with van der Waals surface area (Å²) >= 11 is 0. The number of hydrogen-bond donors (Lipinski definition) is 0. The smallest absolute Gasteiger partial charge is 0.208 e. The minimum atomic E-state index is -0.841. The fourth-order valence-electron chi connectivity index (χ4n) is 3.43. The third-order valence-electron chi connectivity index (χ3n) is 5.32. The molecular weight excluding hydrogens is 432 g/mol. The van der Waals surface area contributed by atoms with Gasteiger partial charge in [0, 0.05) is 27.1 Å². The predicted octanol–water partition coefficient (Wildman–Crippen LogP) is 3.13. The van der Waals surface area contributed by atoms with Crippen molar-refractivity contribution in [2.45, 2.75) is 50.5 Å². The van der Waals surface area contributed by atoms with Crippen LogP contribution >= 0.6 is 0 Å². The van der Waals surface area contributed by atoms with Crippen molar-refractivity contribution in [2.24, 2.45) is 0 Å². The van der Waals surface area contributed by atoms with Crippen LogP contribution in [0.4, 0.5) is 0 Å². The average molecular weight is 461 g/mol. The van der Waals surface area contributed by atoms with E-state index in [1.54, 1.807) is 0 Å². The third-order valence-corrected chi connectivity index (χ3v) is 5.32. The van der Waals surface area contributed by atoms with Gasteiger partial charge in [0.25, 0.3) is 0 Å². The molecule has 6 heteroatoms. The van der Waals surface area contributed by atoms with Crippen molar-refractivity contribution in [3.05, 3.63) is 71.8 Å². The topological polar surface area (TPSA) is 71.1 Å². The van der Waals surface area contributed by atoms with Crippen LogP contribution < -0.4 is 0 Å². The number of methoxy groups -OCH3 is 2. The molecule has 4 atom stereocenters. The Morgan fingerprint density at radius 2 is 1.06 bits per heavy atom. The van der Waals surface area contributed by atoms with Crippen molar-refractivity contribution in [1.82, 2.24) is 0 Å². The fraction of sp³-hybridized carbons (Fsp3) is 0.357. The number of benzene rings is 2. The zero-order valence-corrected chi connectivity index (χ0v) is 19.4. The van der Waals surface area contributed by atoms with Gasteiger partial charge in [-0.25, -0.2) is 0 Å². The molecular formula is C28H28O6. The number of carbonyl (C=O) groups is 2. The van der Waals surface area contributed by atoms with Crippen molar-refractivity contribution in [2.75, 3.05) is 14.2 Å². The van der Waals surface area contributed by atoms with Crippen LogP contribution in [0.3, 0.4) is 0 Å². The van der Waals surface area contributed by atoms with Crippen LogP contribution in [0, 0.1) is 23.7 Å². The standard InChI is InChI=1S/C28H28O6/c1-31-27-17-23(29)13-15-25(33-19-21-9-5-3-6-10-21)26(16-14-24(30)18-28(27)32-2)34-20-22-11-7-4-8-12-22/h3-12,25-28H,17-20H2,1-2H3/t25-,26-,27-,28-/m0/s1. The van der Waals surface area contributed by atoms with Crippen molar-refractivity contribution in [3.63, 3.8) is 0 Å². The van der Waals surface area contributed by atoms with Gasteiger partial charge in [-0.1, -0.05) is 72.5 Å². The normalized spacial score (nSPS) is 23.0. The van der Waals surface area contributed by atoms with Crippen molar-refractivity contribution in [3.8, 4) is 23.7 Å². The summed E-state index contributed by atoms with van der Waals surface area (Å²) in [5, 5.41) is 0. The molecule has 1 aliphatic carbocycles. The summed E-state index contributed by atoms with van der Waals surface area (Å²) in [6.45, 7) is 0.503. The second-order valence-corrected chi connectivity index (χ2v) is 7.78. The summed E-state index contributed by atoms with van der Waals surface area (Å²) in [6, 6.07) is 19.2. The number of rotatable bonds is 8. The molecule has 6 nitrogen and oxygen atoms in total. The number of ketones is 2. The molecule has 176 valence electrons. The van der Waals surface area contributed by atoms with E-state index in [1.165, 1.54) is 14.2 Å². The first kappa shape index (κ1) is 25.4. The first-order valence-corrected chi connectivity index (χ1v) is 11.0. The van der Waals surface area contributed by atoms with E-state index < -0.39 is 24.4 Å². The minimum Gasteiger partial charge on any atom is -0.378 e. The van der Waals surface area contributed by atoms with Gasteiger partial charge in [-0.3, -0.25) is 9.59 Å². The number of carbonyl (C=O) groups excluding carboxylic acids is 2. The number of ether oxygens (including phenoxy) is 4. The van der Waals surface area contributed by atoms with Crippen molar-refractivity contribution >= 4 is 11.6 Å². The Labute approximate surface area is 200 Å². The Balaban J connectivity index is 1.88. The Kier molecular flexibility index (Phi) is 10.0. The summed E-state index contributed by atoms with van der Waals surface area (Å²) in [4.78, 5) is 25.2. The number of hydrogen-bond acceptors (Lipinski definition) is 6. The first-order chi connectivity index (χ1) is 16.6. The third kappa shape index (κ3) is 7.95. The van der Waals surface area contributed by atoms with Crippen LogP contribution in [0.25, 0.3) is 0 Å². The maximum absolute atomic E-state index is 12.6. The second-order valence-electron chi connectivity index (χ2n) is 7.78. The lowest BCUT2D eigenvalue weighted by molar-refractivity contribution is -0.125. The highest BCUT2D eigenvalue weighted by Crippen LogP contribution is 2.15. The average Bonchev–Trinajstić information content (AvgIpc) is 2.87. The van der Waals surface area contributed by atoms with Crippen molar-refractivity contribution < 1.29 is 28.5 Å². The van der Waals surface area contributed by atoms with Crippen LogP contribution in [-0.4, -0.2) is 50.2 Å². The summed E-state index contributed by atoms with van der Waals surface area (Å²) < 4.78 is 22.8. The quantitative estimate of drug-likeness (QED) is 0.445. The number of Topliss-reactive ketones (excluding diaryl/α,β-unsaturated/α-hetero) is 2. The molecule has 0 amide bonds. The molecule has 0 radical (unpaired) electrons. The lowest BCUT2D eigenvalue weighted by Crippen LogP contribution is -2.34. The Hall–Kier alpha value is -3.26. The van der Waals surface area contributed by atoms with Gasteiger partial charge in [-0.2, -0.15) is 0 Å². The van der Waals surface area contributed by atoms with Crippen LogP contribution in [0.5, 0.6) is 0 Å². The van der Waals surface area contributed by atoms with Gasteiger partial charge in [-0.05, 0) is 23.0 Å². The fourth-order valence-corrected chi connectivity index (χ4v) is 3.43. The molecule has 0 aliphatic heterocycles. The largest absolute Gasteiger partial charge is 0.378 e. The van der Waals surface area contributed by atoms with E-state index in [9.17, 15) is 9.59 Å². The molecule has 1 aliphatic rings. The Bertz CT molecular complexity index is 971. The van der Waals surface area contributed by atoms with E-state index in [2.05, 4.69) is 23.7 Å². The van der Waals surface area contributed by atoms with Crippen LogP contribution in [0.2, 0.25) is 0 Å². The van der Waals surface area contributed by atoms with Gasteiger partial charge in [0.2, 0.25) is 11.6 Å². The van der Waals surface area contributed by atoms with Crippen LogP contribution in [-0.2, 0) is 41.8 Å². The van der Waals surface area contributed by atoms with Gasteiger partial charge >= 0.3 is 0 Å². The SMILES string of the molecule is CO[C@H]1CC(=O)C#C[C@H](OCc2ccccc2)[C@@H](OCc2ccccc2)C#CC(=O)C[C@@H]1OC. The lowest BCUT2D eigenvalue weighted by Gasteiger charge is -2.23. The summed E-state index contributed by atoms with van der Waals surface area (Å²) in [6.07, 6.45) is -2.91. The zero-order chi connectivity index (χ0) is 24.2.